The van der Waals surface area contributed by atoms with Crippen LogP contribution in [0.5, 0.6) is 0 Å². The number of anilines is 1. The van der Waals surface area contributed by atoms with Gasteiger partial charge in [0.15, 0.2) is 5.11 Å². The minimum atomic E-state index is 0.482. The van der Waals surface area contributed by atoms with Crippen molar-refractivity contribution in [2.75, 3.05) is 25.5 Å². The number of rotatable bonds is 5. The third-order valence-corrected chi connectivity index (χ3v) is 2.43. The predicted octanol–water partition coefficient (Wildman–Crippen LogP) is 1.74. The maximum atomic E-state index is 5.00. The minimum Gasteiger partial charge on any atom is -0.378 e. The van der Waals surface area contributed by atoms with Gasteiger partial charge >= 0.3 is 0 Å². The number of thiocarbonyl (C=S) groups is 1. The molecular weight excluding hydrogens is 244 g/mol. The van der Waals surface area contributed by atoms with E-state index in [4.69, 9.17) is 12.2 Å². The van der Waals surface area contributed by atoms with Gasteiger partial charge in [-0.05, 0) is 29.9 Å². The summed E-state index contributed by atoms with van der Waals surface area (Å²) in [6.07, 6.45) is 3.46. The second kappa shape index (κ2) is 7.45. The fourth-order valence-electron chi connectivity index (χ4n) is 1.23. The van der Waals surface area contributed by atoms with Gasteiger partial charge in [0.25, 0.3) is 0 Å². The molecule has 1 aromatic rings. The monoisotopic (exact) mass is 262 g/mol. The molecule has 0 aliphatic rings. The summed E-state index contributed by atoms with van der Waals surface area (Å²) in [5, 5.41) is 7.45. The fourth-order valence-corrected chi connectivity index (χ4v) is 1.36. The van der Waals surface area contributed by atoms with Gasteiger partial charge in [-0.1, -0.05) is 18.2 Å². The molecule has 0 spiro atoms. The third kappa shape index (κ3) is 4.97. The largest absolute Gasteiger partial charge is 0.378 e. The molecule has 4 nitrogen and oxygen atoms in total. The molecule has 0 aromatic heterocycles. The molecule has 2 N–H and O–H groups in total. The van der Waals surface area contributed by atoms with Crippen LogP contribution < -0.4 is 15.6 Å². The van der Waals surface area contributed by atoms with Crippen molar-refractivity contribution in [1.29, 1.82) is 0 Å². The van der Waals surface area contributed by atoms with Crippen molar-refractivity contribution in [2.24, 2.45) is 5.10 Å². The molecule has 1 aromatic carbocycles. The molecule has 0 unspecified atom stereocenters. The summed E-state index contributed by atoms with van der Waals surface area (Å²) in [5.74, 6) is 0. The van der Waals surface area contributed by atoms with Gasteiger partial charge in [-0.3, -0.25) is 5.43 Å². The summed E-state index contributed by atoms with van der Waals surface area (Å²) in [6, 6.07) is 8.08. The molecule has 96 valence electrons. The molecular formula is C13H18N4S. The molecule has 0 aliphatic heterocycles. The molecule has 0 heterocycles. The van der Waals surface area contributed by atoms with E-state index in [-0.39, 0.29) is 0 Å². The van der Waals surface area contributed by atoms with Crippen LogP contribution in [0, 0.1) is 0 Å². The topological polar surface area (TPSA) is 39.7 Å². The van der Waals surface area contributed by atoms with Crippen LogP contribution in [0.3, 0.4) is 0 Å². The lowest BCUT2D eigenvalue weighted by atomic mass is 10.2. The molecule has 0 radical (unpaired) electrons. The second-order valence-electron chi connectivity index (χ2n) is 3.85. The van der Waals surface area contributed by atoms with Gasteiger partial charge in [0.1, 0.15) is 0 Å². The fraction of sp³-hybridized carbons (Fsp3) is 0.231. The van der Waals surface area contributed by atoms with Crippen molar-refractivity contribution < 1.29 is 0 Å². The van der Waals surface area contributed by atoms with E-state index in [0.29, 0.717) is 11.7 Å². The van der Waals surface area contributed by atoms with Crippen LogP contribution in [0.4, 0.5) is 5.69 Å². The predicted molar refractivity (Wildman–Crippen MR) is 82.3 cm³/mol. The number of hydrogen-bond acceptors (Lipinski definition) is 3. The Bertz CT molecular complexity index is 423. The lowest BCUT2D eigenvalue weighted by molar-refractivity contribution is 0.942. The molecule has 0 fully saturated rings. The Hall–Kier alpha value is -1.88. The summed E-state index contributed by atoms with van der Waals surface area (Å²) in [5.41, 5.74) is 4.90. The molecule has 1 rings (SSSR count). The van der Waals surface area contributed by atoms with E-state index in [9.17, 15) is 0 Å². The smallest absolute Gasteiger partial charge is 0.187 e. The Morgan fingerprint density at radius 3 is 2.61 bits per heavy atom. The molecule has 18 heavy (non-hydrogen) atoms. The van der Waals surface area contributed by atoms with E-state index < -0.39 is 0 Å². The highest BCUT2D eigenvalue weighted by molar-refractivity contribution is 7.80. The first-order chi connectivity index (χ1) is 8.63. The van der Waals surface area contributed by atoms with Gasteiger partial charge in [-0.15, -0.1) is 6.58 Å². The lowest BCUT2D eigenvalue weighted by Crippen LogP contribution is -2.31. The van der Waals surface area contributed by atoms with Crippen LogP contribution >= 0.6 is 12.2 Å². The van der Waals surface area contributed by atoms with E-state index in [1.807, 2.05) is 43.3 Å². The zero-order chi connectivity index (χ0) is 13.4. The van der Waals surface area contributed by atoms with Crippen molar-refractivity contribution in [3.63, 3.8) is 0 Å². The van der Waals surface area contributed by atoms with Crippen LogP contribution in [0.15, 0.2) is 42.0 Å². The van der Waals surface area contributed by atoms with Crippen LogP contribution in [0.2, 0.25) is 0 Å². The summed E-state index contributed by atoms with van der Waals surface area (Å²) < 4.78 is 0. The number of nitrogens with zero attached hydrogens (tertiary/aromatic N) is 2. The standard InChI is InChI=1S/C13H18N4S/c1-4-9-14-13(18)16-15-10-11-5-7-12(8-6-11)17(2)3/h4-8,10H,1,9H2,2-3H3,(H2,14,16,18)/b15-10-. The molecule has 0 atom stereocenters. The number of benzene rings is 1. The highest BCUT2D eigenvalue weighted by Gasteiger charge is 1.94. The summed E-state index contributed by atoms with van der Waals surface area (Å²) in [4.78, 5) is 2.05. The third-order valence-electron chi connectivity index (χ3n) is 2.20. The van der Waals surface area contributed by atoms with Crippen LogP contribution in [0.1, 0.15) is 5.56 Å². The van der Waals surface area contributed by atoms with Gasteiger partial charge in [0, 0.05) is 26.3 Å². The van der Waals surface area contributed by atoms with Crippen molar-refractivity contribution in [3.8, 4) is 0 Å². The van der Waals surface area contributed by atoms with Gasteiger partial charge < -0.3 is 10.2 Å². The normalized spacial score (nSPS) is 10.1. The van der Waals surface area contributed by atoms with E-state index in [0.717, 1.165) is 11.3 Å². The molecule has 5 heteroatoms. The minimum absolute atomic E-state index is 0.482. The van der Waals surface area contributed by atoms with Gasteiger partial charge in [-0.2, -0.15) is 5.10 Å². The van der Waals surface area contributed by atoms with Gasteiger partial charge in [0.05, 0.1) is 6.21 Å². The van der Waals surface area contributed by atoms with Crippen LogP contribution in [-0.2, 0) is 0 Å². The lowest BCUT2D eigenvalue weighted by Gasteiger charge is -2.11. The van der Waals surface area contributed by atoms with E-state index in [1.54, 1.807) is 12.3 Å². The Labute approximate surface area is 113 Å². The first kappa shape index (κ1) is 14.2. The maximum absolute atomic E-state index is 5.00. The molecule has 0 bridgehead atoms. The summed E-state index contributed by atoms with van der Waals surface area (Å²) >= 11 is 5.00. The SMILES string of the molecule is C=CCNC(=S)N/N=C\c1ccc(N(C)C)cc1. The highest BCUT2D eigenvalue weighted by Crippen LogP contribution is 2.10. The summed E-state index contributed by atoms with van der Waals surface area (Å²) in [6.45, 7) is 4.21. The van der Waals surface area contributed by atoms with Gasteiger partial charge in [0.2, 0.25) is 0 Å². The average Bonchev–Trinajstić information content (AvgIpc) is 2.37. The first-order valence-corrected chi connectivity index (χ1v) is 5.99. The Balaban J connectivity index is 2.46. The van der Waals surface area contributed by atoms with Gasteiger partial charge in [-0.25, -0.2) is 0 Å². The Morgan fingerprint density at radius 2 is 2.06 bits per heavy atom. The highest BCUT2D eigenvalue weighted by atomic mass is 32.1. The van der Waals surface area contributed by atoms with Crippen molar-refractivity contribution in [3.05, 3.63) is 42.5 Å². The second-order valence-corrected chi connectivity index (χ2v) is 4.26. The zero-order valence-electron chi connectivity index (χ0n) is 10.7. The zero-order valence-corrected chi connectivity index (χ0v) is 11.5. The number of hydrazone groups is 1. The first-order valence-electron chi connectivity index (χ1n) is 5.58. The maximum Gasteiger partial charge on any atom is 0.187 e. The van der Waals surface area contributed by atoms with Crippen LogP contribution in [0.25, 0.3) is 0 Å². The molecule has 0 aliphatic carbocycles. The Kier molecular flexibility index (Phi) is 5.87. The van der Waals surface area contributed by atoms with Crippen molar-refractivity contribution in [2.45, 2.75) is 0 Å². The quantitative estimate of drug-likeness (QED) is 0.367. The van der Waals surface area contributed by atoms with E-state index >= 15 is 0 Å². The van der Waals surface area contributed by atoms with Crippen LogP contribution in [-0.4, -0.2) is 32.0 Å². The number of hydrogen-bond donors (Lipinski definition) is 2. The molecule has 0 amide bonds. The van der Waals surface area contributed by atoms with E-state index in [2.05, 4.69) is 22.4 Å². The average molecular weight is 262 g/mol. The van der Waals surface area contributed by atoms with Crippen molar-refractivity contribution in [1.82, 2.24) is 10.7 Å². The van der Waals surface area contributed by atoms with E-state index in [1.165, 1.54) is 0 Å². The van der Waals surface area contributed by atoms with Crippen molar-refractivity contribution >= 4 is 29.2 Å². The number of nitrogens with one attached hydrogen (secondary N) is 2. The molecule has 0 saturated carbocycles. The Morgan fingerprint density at radius 1 is 1.39 bits per heavy atom. The molecule has 0 saturated heterocycles. The summed E-state index contributed by atoms with van der Waals surface area (Å²) in [7, 11) is 4.02.